The summed E-state index contributed by atoms with van der Waals surface area (Å²) in [5, 5.41) is 4.27. The standard InChI is InChI=1S/C19H18N2O3S/c1-12-16(13-5-3-2-4-6-13)14(10-25-12)17(23)21-8-7-19(11-21)9-15(22)20-18(19)24/h2-6,10H,7-9,11H2,1H3,(H,20,22,24). The van der Waals surface area contributed by atoms with Gasteiger partial charge in [-0.15, -0.1) is 11.3 Å². The lowest BCUT2D eigenvalue weighted by atomic mass is 9.85. The molecular weight excluding hydrogens is 336 g/mol. The Morgan fingerprint density at radius 2 is 2.00 bits per heavy atom. The Bertz CT molecular complexity index is 874. The van der Waals surface area contributed by atoms with Crippen molar-refractivity contribution in [3.8, 4) is 11.1 Å². The van der Waals surface area contributed by atoms with E-state index >= 15 is 0 Å². The minimum atomic E-state index is -0.731. The first kappa shape index (κ1) is 16.0. The van der Waals surface area contributed by atoms with Crippen LogP contribution in [0.1, 0.15) is 28.1 Å². The molecule has 3 heterocycles. The lowest BCUT2D eigenvalue weighted by Crippen LogP contribution is -2.36. The Balaban J connectivity index is 1.63. The van der Waals surface area contributed by atoms with Gasteiger partial charge in [0.1, 0.15) is 0 Å². The van der Waals surface area contributed by atoms with Crippen LogP contribution in [0.15, 0.2) is 35.7 Å². The highest BCUT2D eigenvalue weighted by atomic mass is 32.1. The second-order valence-electron chi connectivity index (χ2n) is 6.76. The topological polar surface area (TPSA) is 66.5 Å². The Morgan fingerprint density at radius 3 is 2.68 bits per heavy atom. The Kier molecular flexibility index (Phi) is 3.72. The molecule has 0 radical (unpaired) electrons. The number of hydrogen-bond donors (Lipinski definition) is 1. The molecule has 1 atom stereocenters. The molecule has 0 saturated carbocycles. The molecular formula is C19H18N2O3S. The quantitative estimate of drug-likeness (QED) is 0.843. The van der Waals surface area contributed by atoms with Crippen LogP contribution < -0.4 is 5.32 Å². The Morgan fingerprint density at radius 1 is 1.24 bits per heavy atom. The smallest absolute Gasteiger partial charge is 0.255 e. The first-order valence-electron chi connectivity index (χ1n) is 8.27. The monoisotopic (exact) mass is 354 g/mol. The molecule has 2 fully saturated rings. The molecule has 0 aliphatic carbocycles. The SMILES string of the molecule is Cc1scc(C(=O)N2CCC3(CC(=O)NC3=O)C2)c1-c1ccccc1. The van der Waals surface area contributed by atoms with E-state index in [1.807, 2.05) is 42.6 Å². The molecule has 1 aromatic heterocycles. The van der Waals surface area contributed by atoms with Crippen molar-refractivity contribution in [1.29, 1.82) is 0 Å². The van der Waals surface area contributed by atoms with Crippen molar-refractivity contribution >= 4 is 29.1 Å². The third kappa shape index (κ3) is 2.57. The zero-order valence-electron chi connectivity index (χ0n) is 13.9. The number of imide groups is 1. The average Bonchev–Trinajstić information content (AvgIpc) is 3.26. The molecule has 6 heteroatoms. The number of thiophene rings is 1. The van der Waals surface area contributed by atoms with E-state index in [4.69, 9.17) is 0 Å². The van der Waals surface area contributed by atoms with Gasteiger partial charge < -0.3 is 4.90 Å². The third-order valence-corrected chi connectivity index (χ3v) is 6.05. The number of carbonyl (C=O) groups is 3. The molecule has 3 amide bonds. The van der Waals surface area contributed by atoms with E-state index in [1.165, 1.54) is 0 Å². The largest absolute Gasteiger partial charge is 0.337 e. The van der Waals surface area contributed by atoms with E-state index in [2.05, 4.69) is 5.32 Å². The summed E-state index contributed by atoms with van der Waals surface area (Å²) in [5.41, 5.74) is 1.93. The number of nitrogens with one attached hydrogen (secondary N) is 1. The van der Waals surface area contributed by atoms with E-state index in [-0.39, 0.29) is 24.1 Å². The van der Waals surface area contributed by atoms with Crippen LogP contribution in [0.25, 0.3) is 11.1 Å². The maximum atomic E-state index is 13.1. The summed E-state index contributed by atoms with van der Waals surface area (Å²) < 4.78 is 0. The summed E-state index contributed by atoms with van der Waals surface area (Å²) in [4.78, 5) is 39.6. The van der Waals surface area contributed by atoms with Crippen LogP contribution in [0.2, 0.25) is 0 Å². The molecule has 1 N–H and O–H groups in total. The van der Waals surface area contributed by atoms with E-state index in [9.17, 15) is 14.4 Å². The molecule has 25 heavy (non-hydrogen) atoms. The molecule has 2 aliphatic rings. The molecule has 128 valence electrons. The van der Waals surface area contributed by atoms with Crippen molar-refractivity contribution in [3.63, 3.8) is 0 Å². The fourth-order valence-corrected chi connectivity index (χ4v) is 4.67. The van der Waals surface area contributed by atoms with Crippen molar-refractivity contribution in [3.05, 3.63) is 46.2 Å². The van der Waals surface area contributed by atoms with Gasteiger partial charge in [0.05, 0.1) is 11.0 Å². The minimum absolute atomic E-state index is 0.0628. The van der Waals surface area contributed by atoms with Crippen molar-refractivity contribution in [1.82, 2.24) is 10.2 Å². The lowest BCUT2D eigenvalue weighted by Gasteiger charge is -2.20. The van der Waals surface area contributed by atoms with Gasteiger partial charge in [0.15, 0.2) is 0 Å². The number of hydrogen-bond acceptors (Lipinski definition) is 4. The number of rotatable bonds is 2. The molecule has 2 aromatic rings. The van der Waals surface area contributed by atoms with Crippen LogP contribution in [0, 0.1) is 12.3 Å². The number of benzene rings is 1. The summed E-state index contributed by atoms with van der Waals surface area (Å²) in [5.74, 6) is -0.541. The second-order valence-corrected chi connectivity index (χ2v) is 7.84. The van der Waals surface area contributed by atoms with Gasteiger partial charge in [0, 0.05) is 35.3 Å². The molecule has 0 bridgehead atoms. The van der Waals surface area contributed by atoms with Crippen LogP contribution in [-0.4, -0.2) is 35.7 Å². The summed E-state index contributed by atoms with van der Waals surface area (Å²) in [7, 11) is 0. The summed E-state index contributed by atoms with van der Waals surface area (Å²) in [6.45, 7) is 2.83. The van der Waals surface area contributed by atoms with Crippen LogP contribution in [0.3, 0.4) is 0 Å². The number of amides is 3. The Labute approximate surface area is 149 Å². The van der Waals surface area contributed by atoms with Crippen LogP contribution in [-0.2, 0) is 9.59 Å². The van der Waals surface area contributed by atoms with Gasteiger partial charge >= 0.3 is 0 Å². The van der Waals surface area contributed by atoms with Crippen LogP contribution in [0.5, 0.6) is 0 Å². The van der Waals surface area contributed by atoms with Gasteiger partial charge in [0.2, 0.25) is 11.8 Å². The predicted molar refractivity (Wildman–Crippen MR) is 95.2 cm³/mol. The molecule has 1 unspecified atom stereocenters. The fraction of sp³-hybridized carbons (Fsp3) is 0.316. The fourth-order valence-electron chi connectivity index (χ4n) is 3.81. The average molecular weight is 354 g/mol. The number of likely N-dealkylation sites (tertiary alicyclic amines) is 1. The van der Waals surface area contributed by atoms with Crippen molar-refractivity contribution in [2.45, 2.75) is 19.8 Å². The maximum Gasteiger partial charge on any atom is 0.255 e. The van der Waals surface area contributed by atoms with Crippen molar-refractivity contribution < 1.29 is 14.4 Å². The second kappa shape index (κ2) is 5.81. The summed E-state index contributed by atoms with van der Waals surface area (Å²) in [6, 6.07) is 9.87. The highest BCUT2D eigenvalue weighted by Gasteiger charge is 2.52. The van der Waals surface area contributed by atoms with Gasteiger partial charge in [0.25, 0.3) is 5.91 Å². The van der Waals surface area contributed by atoms with E-state index in [0.29, 0.717) is 25.1 Å². The predicted octanol–water partition coefficient (Wildman–Crippen LogP) is 2.60. The number of nitrogens with zero attached hydrogens (tertiary/aromatic N) is 1. The maximum absolute atomic E-state index is 13.1. The zero-order chi connectivity index (χ0) is 17.6. The third-order valence-electron chi connectivity index (χ3n) is 5.14. The van der Waals surface area contributed by atoms with Gasteiger partial charge in [-0.25, -0.2) is 0 Å². The Hall–Kier alpha value is -2.47. The van der Waals surface area contributed by atoms with Gasteiger partial charge in [-0.3, -0.25) is 19.7 Å². The highest BCUT2D eigenvalue weighted by Crippen LogP contribution is 2.40. The molecule has 4 rings (SSSR count). The first-order chi connectivity index (χ1) is 12.0. The molecule has 5 nitrogen and oxygen atoms in total. The van der Waals surface area contributed by atoms with E-state index in [1.54, 1.807) is 16.2 Å². The lowest BCUT2D eigenvalue weighted by molar-refractivity contribution is -0.128. The zero-order valence-corrected chi connectivity index (χ0v) is 14.7. The van der Waals surface area contributed by atoms with E-state index in [0.717, 1.165) is 16.0 Å². The first-order valence-corrected chi connectivity index (χ1v) is 9.15. The van der Waals surface area contributed by atoms with Gasteiger partial charge in [-0.2, -0.15) is 0 Å². The van der Waals surface area contributed by atoms with Gasteiger partial charge in [-0.1, -0.05) is 30.3 Å². The van der Waals surface area contributed by atoms with Crippen LogP contribution in [0.4, 0.5) is 0 Å². The van der Waals surface area contributed by atoms with Crippen molar-refractivity contribution in [2.75, 3.05) is 13.1 Å². The van der Waals surface area contributed by atoms with E-state index < -0.39 is 5.41 Å². The molecule has 2 saturated heterocycles. The van der Waals surface area contributed by atoms with Gasteiger partial charge in [-0.05, 0) is 18.9 Å². The van der Waals surface area contributed by atoms with Crippen molar-refractivity contribution in [2.24, 2.45) is 5.41 Å². The molecule has 1 spiro atoms. The van der Waals surface area contributed by atoms with Crippen LogP contribution >= 0.6 is 11.3 Å². The summed E-state index contributed by atoms with van der Waals surface area (Å²) in [6.07, 6.45) is 0.726. The normalized spacial score (nSPS) is 22.7. The number of aryl methyl sites for hydroxylation is 1. The minimum Gasteiger partial charge on any atom is -0.337 e. The molecule has 2 aliphatic heterocycles. The number of carbonyl (C=O) groups excluding carboxylic acids is 3. The summed E-state index contributed by atoms with van der Waals surface area (Å²) >= 11 is 1.56. The molecule has 1 aromatic carbocycles. The highest BCUT2D eigenvalue weighted by molar-refractivity contribution is 7.10.